The molecule has 0 atom stereocenters. The largest absolute Gasteiger partial charge is 0.449 e. The van der Waals surface area contributed by atoms with Crippen molar-refractivity contribution in [1.82, 2.24) is 5.32 Å². The summed E-state index contributed by atoms with van der Waals surface area (Å²) in [5, 5.41) is 5.73. The number of rotatable bonds is 6. The molecule has 1 aliphatic heterocycles. The Kier molecular flexibility index (Phi) is 5.94. The van der Waals surface area contributed by atoms with E-state index in [1.54, 1.807) is 0 Å². The van der Waals surface area contributed by atoms with E-state index < -0.39 is 6.09 Å². The van der Waals surface area contributed by atoms with Crippen molar-refractivity contribution in [2.24, 2.45) is 0 Å². The molecule has 1 aliphatic carbocycles. The van der Waals surface area contributed by atoms with Gasteiger partial charge in [0, 0.05) is 24.6 Å². The van der Waals surface area contributed by atoms with Crippen molar-refractivity contribution < 1.29 is 14.3 Å². The Morgan fingerprint density at radius 3 is 2.48 bits per heavy atom. The van der Waals surface area contributed by atoms with Crippen LogP contribution in [0.5, 0.6) is 0 Å². The summed E-state index contributed by atoms with van der Waals surface area (Å²) < 4.78 is 5.57. The van der Waals surface area contributed by atoms with Crippen LogP contribution < -0.4 is 10.6 Å². The zero-order chi connectivity index (χ0) is 22.6. The summed E-state index contributed by atoms with van der Waals surface area (Å²) in [7, 11) is 0. The molecular formula is C28H26N2O3. The van der Waals surface area contributed by atoms with Gasteiger partial charge in [0.25, 0.3) is 0 Å². The predicted octanol–water partition coefficient (Wildman–Crippen LogP) is 5.51. The van der Waals surface area contributed by atoms with Gasteiger partial charge in [-0.2, -0.15) is 0 Å². The molecule has 0 spiro atoms. The lowest BCUT2D eigenvalue weighted by atomic mass is 9.98. The molecule has 5 nitrogen and oxygen atoms in total. The van der Waals surface area contributed by atoms with Crippen LogP contribution in [0.4, 0.5) is 10.5 Å². The number of aryl methyl sites for hydroxylation is 1. The van der Waals surface area contributed by atoms with E-state index >= 15 is 0 Å². The summed E-state index contributed by atoms with van der Waals surface area (Å²) >= 11 is 0. The molecule has 1 heterocycles. The SMILES string of the molecule is O=C1CCc2cc(C=CCCNC(=O)OCC3c4ccccc4-c4ccccc43)ccc2N1. The van der Waals surface area contributed by atoms with Crippen LogP contribution >= 0.6 is 0 Å². The monoisotopic (exact) mass is 438 g/mol. The van der Waals surface area contributed by atoms with Gasteiger partial charge in [0.1, 0.15) is 6.61 Å². The predicted molar refractivity (Wildman–Crippen MR) is 130 cm³/mol. The van der Waals surface area contributed by atoms with E-state index in [4.69, 9.17) is 4.74 Å². The summed E-state index contributed by atoms with van der Waals surface area (Å²) in [4.78, 5) is 23.7. The second-order valence-corrected chi connectivity index (χ2v) is 8.41. The molecule has 166 valence electrons. The molecule has 0 aromatic heterocycles. The lowest BCUT2D eigenvalue weighted by Gasteiger charge is -2.16. The molecule has 3 aromatic rings. The first-order chi connectivity index (χ1) is 16.2. The van der Waals surface area contributed by atoms with E-state index in [1.165, 1.54) is 22.3 Å². The number of ether oxygens (including phenoxy) is 1. The quantitative estimate of drug-likeness (QED) is 0.499. The van der Waals surface area contributed by atoms with Gasteiger partial charge in [-0.25, -0.2) is 4.79 Å². The summed E-state index contributed by atoms with van der Waals surface area (Å²) in [6.45, 7) is 0.829. The molecule has 5 heteroatoms. The Balaban J connectivity index is 1.10. The van der Waals surface area contributed by atoms with E-state index in [1.807, 2.05) is 48.6 Å². The van der Waals surface area contributed by atoms with Gasteiger partial charge in [-0.05, 0) is 58.4 Å². The first-order valence-corrected chi connectivity index (χ1v) is 11.4. The average Bonchev–Trinajstić information content (AvgIpc) is 3.16. The zero-order valence-electron chi connectivity index (χ0n) is 18.3. The third-order valence-electron chi connectivity index (χ3n) is 6.26. The number of alkyl carbamates (subject to hydrolysis) is 1. The molecule has 3 aromatic carbocycles. The zero-order valence-corrected chi connectivity index (χ0v) is 18.3. The summed E-state index contributed by atoms with van der Waals surface area (Å²) in [5.41, 5.74) is 8.01. The lowest BCUT2D eigenvalue weighted by Crippen LogP contribution is -2.26. The maximum atomic E-state index is 12.3. The standard InChI is InChI=1S/C28H26N2O3/c31-27-15-13-20-17-19(12-14-26(20)30-27)7-5-6-16-29-28(32)33-18-25-23-10-3-1-8-21(23)22-9-2-4-11-24(22)25/h1-5,7-12,14,17,25H,6,13,15-16,18H2,(H,29,32)(H,30,31). The number of fused-ring (bicyclic) bond motifs is 4. The highest BCUT2D eigenvalue weighted by Crippen LogP contribution is 2.44. The fraction of sp³-hybridized carbons (Fsp3) is 0.214. The molecule has 0 fully saturated rings. The van der Waals surface area contributed by atoms with Gasteiger partial charge in [-0.1, -0.05) is 66.7 Å². The molecule has 2 N–H and O–H groups in total. The maximum Gasteiger partial charge on any atom is 0.407 e. The highest BCUT2D eigenvalue weighted by molar-refractivity contribution is 5.94. The molecule has 33 heavy (non-hydrogen) atoms. The van der Waals surface area contributed by atoms with Gasteiger partial charge in [0.15, 0.2) is 0 Å². The first-order valence-electron chi connectivity index (χ1n) is 11.4. The Labute approximate surface area is 193 Å². The van der Waals surface area contributed by atoms with Gasteiger partial charge < -0.3 is 15.4 Å². The minimum Gasteiger partial charge on any atom is -0.449 e. The summed E-state index contributed by atoms with van der Waals surface area (Å²) in [6.07, 6.45) is 5.69. The molecule has 0 unspecified atom stereocenters. The summed E-state index contributed by atoms with van der Waals surface area (Å²) in [5.74, 6) is 0.141. The van der Waals surface area contributed by atoms with Crippen LogP contribution in [0.3, 0.4) is 0 Å². The maximum absolute atomic E-state index is 12.3. The normalized spacial score (nSPS) is 14.4. The van der Waals surface area contributed by atoms with Crippen molar-refractivity contribution in [3.05, 3.63) is 95.1 Å². The van der Waals surface area contributed by atoms with Crippen molar-refractivity contribution in [2.75, 3.05) is 18.5 Å². The van der Waals surface area contributed by atoms with Gasteiger partial charge >= 0.3 is 6.09 Å². The number of amides is 2. The Hall–Kier alpha value is -3.86. The van der Waals surface area contributed by atoms with Crippen molar-refractivity contribution in [2.45, 2.75) is 25.2 Å². The van der Waals surface area contributed by atoms with Gasteiger partial charge in [0.2, 0.25) is 5.91 Å². The first kappa shape index (κ1) is 21.0. The van der Waals surface area contributed by atoms with Gasteiger partial charge in [-0.3, -0.25) is 4.79 Å². The van der Waals surface area contributed by atoms with Crippen LogP contribution in [0.15, 0.2) is 72.8 Å². The van der Waals surface area contributed by atoms with Crippen molar-refractivity contribution in [1.29, 1.82) is 0 Å². The molecule has 0 saturated heterocycles. The second kappa shape index (κ2) is 9.33. The lowest BCUT2D eigenvalue weighted by molar-refractivity contribution is -0.116. The Morgan fingerprint density at radius 1 is 1.00 bits per heavy atom. The third kappa shape index (κ3) is 4.53. The number of nitrogens with one attached hydrogen (secondary N) is 2. The smallest absolute Gasteiger partial charge is 0.407 e. The molecule has 0 radical (unpaired) electrons. The fourth-order valence-electron chi connectivity index (χ4n) is 4.63. The van der Waals surface area contributed by atoms with Crippen LogP contribution in [0, 0.1) is 0 Å². The number of carbonyl (C=O) groups excluding carboxylic acids is 2. The minimum absolute atomic E-state index is 0.0665. The van der Waals surface area contributed by atoms with Crippen molar-refractivity contribution >= 4 is 23.8 Å². The van der Waals surface area contributed by atoms with E-state index in [0.29, 0.717) is 26.0 Å². The Morgan fingerprint density at radius 2 is 1.73 bits per heavy atom. The van der Waals surface area contributed by atoms with Crippen LogP contribution in [-0.4, -0.2) is 25.2 Å². The molecule has 2 amide bonds. The van der Waals surface area contributed by atoms with E-state index in [-0.39, 0.29) is 11.8 Å². The Bertz CT molecular complexity index is 1190. The second-order valence-electron chi connectivity index (χ2n) is 8.41. The van der Waals surface area contributed by atoms with Crippen LogP contribution in [0.1, 0.15) is 41.0 Å². The summed E-state index contributed by atoms with van der Waals surface area (Å²) in [6, 6.07) is 22.7. The molecule has 5 rings (SSSR count). The number of benzene rings is 3. The number of carbonyl (C=O) groups is 2. The van der Waals surface area contributed by atoms with Crippen molar-refractivity contribution in [3.8, 4) is 11.1 Å². The van der Waals surface area contributed by atoms with Gasteiger partial charge in [-0.15, -0.1) is 0 Å². The van der Waals surface area contributed by atoms with Gasteiger partial charge in [0.05, 0.1) is 0 Å². The van der Waals surface area contributed by atoms with Crippen LogP contribution in [0.25, 0.3) is 17.2 Å². The topological polar surface area (TPSA) is 67.4 Å². The van der Waals surface area contributed by atoms with Crippen molar-refractivity contribution in [3.63, 3.8) is 0 Å². The highest BCUT2D eigenvalue weighted by Gasteiger charge is 2.28. The van der Waals surface area contributed by atoms with Crippen LogP contribution in [-0.2, 0) is 16.0 Å². The van der Waals surface area contributed by atoms with E-state index in [0.717, 1.165) is 23.2 Å². The molecule has 0 bridgehead atoms. The highest BCUT2D eigenvalue weighted by atomic mass is 16.5. The minimum atomic E-state index is -0.394. The third-order valence-corrected chi connectivity index (χ3v) is 6.26. The van der Waals surface area contributed by atoms with Crippen LogP contribution in [0.2, 0.25) is 0 Å². The fourth-order valence-corrected chi connectivity index (χ4v) is 4.63. The number of hydrogen-bond acceptors (Lipinski definition) is 3. The average molecular weight is 439 g/mol. The van der Waals surface area contributed by atoms with E-state index in [2.05, 4.69) is 41.0 Å². The molecule has 0 saturated carbocycles. The molecular weight excluding hydrogens is 412 g/mol. The van der Waals surface area contributed by atoms with E-state index in [9.17, 15) is 9.59 Å². The molecule has 2 aliphatic rings. The number of hydrogen-bond donors (Lipinski definition) is 2. The number of anilines is 1.